The molecule has 1 aromatic carbocycles. The Morgan fingerprint density at radius 1 is 1.00 bits per heavy atom. The minimum atomic E-state index is -0.0583. The van der Waals surface area contributed by atoms with Crippen molar-refractivity contribution in [3.8, 4) is 0 Å². The molecule has 1 fully saturated rings. The number of nitrogens with zero attached hydrogens (tertiary/aromatic N) is 3. The van der Waals surface area contributed by atoms with E-state index in [-0.39, 0.29) is 12.1 Å². The summed E-state index contributed by atoms with van der Waals surface area (Å²) in [6, 6.07) is 18.8. The summed E-state index contributed by atoms with van der Waals surface area (Å²) in [6.45, 7) is 9.29. The molecule has 4 heterocycles. The van der Waals surface area contributed by atoms with Crippen LogP contribution < -0.4 is 10.2 Å². The molecule has 1 saturated heterocycles. The van der Waals surface area contributed by atoms with Crippen molar-refractivity contribution in [3.05, 3.63) is 107 Å². The van der Waals surface area contributed by atoms with Crippen LogP contribution in [0.4, 0.5) is 5.69 Å². The van der Waals surface area contributed by atoms with Crippen molar-refractivity contribution in [3.63, 3.8) is 0 Å². The average molecular weight is 457 g/mol. The zero-order valence-corrected chi connectivity index (χ0v) is 20.2. The fourth-order valence-corrected chi connectivity index (χ4v) is 5.31. The van der Waals surface area contributed by atoms with E-state index in [2.05, 4.69) is 77.8 Å². The first kappa shape index (κ1) is 21.5. The summed E-state index contributed by atoms with van der Waals surface area (Å²) in [5.74, 6) is 0.941. The lowest BCUT2D eigenvalue weighted by Crippen LogP contribution is -2.29. The van der Waals surface area contributed by atoms with Crippen LogP contribution in [0.1, 0.15) is 51.6 Å². The number of hydrogen-bond donors (Lipinski definition) is 1. The van der Waals surface area contributed by atoms with Crippen LogP contribution in [0.3, 0.4) is 0 Å². The highest BCUT2D eigenvalue weighted by Crippen LogP contribution is 2.43. The van der Waals surface area contributed by atoms with Crippen LogP contribution in [0.2, 0.25) is 0 Å². The lowest BCUT2D eigenvalue weighted by atomic mass is 9.96. The van der Waals surface area contributed by atoms with E-state index in [4.69, 9.17) is 16.6 Å². The number of nitrogens with one attached hydrogen (secondary N) is 1. The van der Waals surface area contributed by atoms with Gasteiger partial charge in [-0.15, -0.1) is 0 Å². The Hall–Kier alpha value is -3.38. The maximum Gasteiger partial charge on any atom is 0.174 e. The van der Waals surface area contributed by atoms with E-state index in [0.717, 1.165) is 22.3 Å². The largest absolute Gasteiger partial charge is 0.467 e. The van der Waals surface area contributed by atoms with E-state index in [1.165, 1.54) is 28.1 Å². The number of furan rings is 1. The third-order valence-corrected chi connectivity index (χ3v) is 6.72. The average Bonchev–Trinajstić information content (AvgIpc) is 3.48. The number of rotatable bonds is 5. The summed E-state index contributed by atoms with van der Waals surface area (Å²) in [4.78, 5) is 6.94. The molecule has 0 aliphatic carbocycles. The topological polar surface area (TPSA) is 46.2 Å². The van der Waals surface area contributed by atoms with Crippen LogP contribution >= 0.6 is 12.2 Å². The third kappa shape index (κ3) is 3.95. The van der Waals surface area contributed by atoms with Gasteiger partial charge in [-0.2, -0.15) is 0 Å². The number of anilines is 1. The molecule has 1 N–H and O–H groups in total. The summed E-state index contributed by atoms with van der Waals surface area (Å²) >= 11 is 5.90. The lowest BCUT2D eigenvalue weighted by Gasteiger charge is -2.28. The van der Waals surface area contributed by atoms with Crippen molar-refractivity contribution in [2.45, 2.75) is 46.3 Å². The second kappa shape index (κ2) is 8.52. The van der Waals surface area contributed by atoms with E-state index in [0.29, 0.717) is 6.54 Å². The van der Waals surface area contributed by atoms with E-state index < -0.39 is 0 Å². The van der Waals surface area contributed by atoms with E-state index in [1.807, 2.05) is 30.5 Å². The normalized spacial score (nSPS) is 18.1. The molecule has 0 bridgehead atoms. The maximum absolute atomic E-state index is 5.90. The second-order valence-corrected chi connectivity index (χ2v) is 9.22. The fraction of sp³-hybridized carbons (Fsp3) is 0.259. The SMILES string of the molecule is Cc1cc(C)cc(N2C(=S)N[C@H](c3ccccn3)[C@@H]2c2cc(C)n(Cc3ccco3)c2C)c1. The Labute approximate surface area is 200 Å². The highest BCUT2D eigenvalue weighted by atomic mass is 32.1. The molecule has 0 amide bonds. The highest BCUT2D eigenvalue weighted by Gasteiger charge is 2.42. The van der Waals surface area contributed by atoms with Gasteiger partial charge in [0.05, 0.1) is 30.6 Å². The summed E-state index contributed by atoms with van der Waals surface area (Å²) in [5.41, 5.74) is 8.15. The second-order valence-electron chi connectivity index (χ2n) is 8.83. The monoisotopic (exact) mass is 456 g/mol. The molecule has 33 heavy (non-hydrogen) atoms. The lowest BCUT2D eigenvalue weighted by molar-refractivity contribution is 0.488. The van der Waals surface area contributed by atoms with Crippen LogP contribution in [-0.4, -0.2) is 14.7 Å². The molecule has 168 valence electrons. The van der Waals surface area contributed by atoms with E-state index >= 15 is 0 Å². The molecule has 0 saturated carbocycles. The Morgan fingerprint density at radius 3 is 2.45 bits per heavy atom. The first-order chi connectivity index (χ1) is 15.9. The molecule has 5 nitrogen and oxygen atoms in total. The molecular formula is C27H28N4OS. The minimum Gasteiger partial charge on any atom is -0.467 e. The zero-order valence-electron chi connectivity index (χ0n) is 19.4. The number of aryl methyl sites for hydroxylation is 3. The smallest absolute Gasteiger partial charge is 0.174 e. The first-order valence-corrected chi connectivity index (χ1v) is 11.6. The van der Waals surface area contributed by atoms with Crippen LogP contribution in [0, 0.1) is 27.7 Å². The van der Waals surface area contributed by atoms with Crippen LogP contribution in [0.25, 0.3) is 0 Å². The standard InChI is InChI=1S/C27H28N4OS/c1-17-12-18(2)14-21(13-17)31-26(25(29-27(31)33)24-9-5-6-10-28-24)23-15-19(3)30(20(23)4)16-22-8-7-11-32-22/h5-15,25-26H,16H2,1-4H3,(H,29,33)/t25-,26+/m1/s1. The van der Waals surface area contributed by atoms with Gasteiger partial charge in [-0.1, -0.05) is 12.1 Å². The quantitative estimate of drug-likeness (QED) is 0.377. The molecule has 1 aliphatic heterocycles. The van der Waals surface area contributed by atoms with E-state index in [1.54, 1.807) is 6.26 Å². The van der Waals surface area contributed by atoms with Gasteiger partial charge in [0, 0.05) is 23.3 Å². The molecule has 3 aromatic heterocycles. The molecule has 6 heteroatoms. The predicted octanol–water partition coefficient (Wildman–Crippen LogP) is 5.94. The number of pyridine rings is 1. The first-order valence-electron chi connectivity index (χ1n) is 11.2. The third-order valence-electron chi connectivity index (χ3n) is 6.41. The van der Waals surface area contributed by atoms with Gasteiger partial charge < -0.3 is 19.2 Å². The maximum atomic E-state index is 5.90. The number of thiocarbonyl (C=S) groups is 1. The molecule has 5 rings (SSSR count). The molecule has 0 spiro atoms. The van der Waals surface area contributed by atoms with Crippen LogP contribution in [0.15, 0.2) is 71.5 Å². The zero-order chi connectivity index (χ0) is 23.1. The van der Waals surface area contributed by atoms with Gasteiger partial charge in [0.15, 0.2) is 5.11 Å². The van der Waals surface area contributed by atoms with E-state index in [9.17, 15) is 0 Å². The summed E-state index contributed by atoms with van der Waals surface area (Å²) in [5, 5.41) is 4.29. The number of hydrogen-bond acceptors (Lipinski definition) is 3. The van der Waals surface area contributed by atoms with Gasteiger partial charge >= 0.3 is 0 Å². The summed E-state index contributed by atoms with van der Waals surface area (Å²) < 4.78 is 7.94. The molecule has 4 aromatic rings. The molecular weight excluding hydrogens is 428 g/mol. The van der Waals surface area contributed by atoms with Crippen molar-refractivity contribution < 1.29 is 4.42 Å². The van der Waals surface area contributed by atoms with Gasteiger partial charge in [0.2, 0.25) is 0 Å². The van der Waals surface area contributed by atoms with Gasteiger partial charge in [0.25, 0.3) is 0 Å². The van der Waals surface area contributed by atoms with Crippen molar-refractivity contribution >= 4 is 23.0 Å². The molecule has 1 aliphatic rings. The Kier molecular flexibility index (Phi) is 5.54. The van der Waals surface area contributed by atoms with Crippen molar-refractivity contribution in [2.75, 3.05) is 4.90 Å². The van der Waals surface area contributed by atoms with Crippen molar-refractivity contribution in [1.29, 1.82) is 0 Å². The van der Waals surface area contributed by atoms with Gasteiger partial charge in [0.1, 0.15) is 5.76 Å². The fourth-order valence-electron chi connectivity index (χ4n) is 4.97. The number of benzene rings is 1. The Bertz CT molecular complexity index is 1270. The van der Waals surface area contributed by atoms with Crippen LogP contribution in [0.5, 0.6) is 0 Å². The van der Waals surface area contributed by atoms with Crippen molar-refractivity contribution in [1.82, 2.24) is 14.9 Å². The molecule has 0 unspecified atom stereocenters. The summed E-state index contributed by atoms with van der Waals surface area (Å²) in [7, 11) is 0. The van der Waals surface area contributed by atoms with Gasteiger partial charge in [-0.3, -0.25) is 4.98 Å². The molecule has 0 radical (unpaired) electrons. The minimum absolute atomic E-state index is 0.0230. The Morgan fingerprint density at radius 2 is 1.79 bits per heavy atom. The number of aromatic nitrogens is 2. The van der Waals surface area contributed by atoms with Crippen LogP contribution in [-0.2, 0) is 6.54 Å². The Balaban J connectivity index is 1.65. The van der Waals surface area contributed by atoms with Gasteiger partial charge in [-0.05, 0) is 99.1 Å². The predicted molar refractivity (Wildman–Crippen MR) is 136 cm³/mol. The molecule has 2 atom stereocenters. The van der Waals surface area contributed by atoms with Crippen molar-refractivity contribution in [2.24, 2.45) is 0 Å². The van der Waals surface area contributed by atoms with Gasteiger partial charge in [-0.25, -0.2) is 0 Å². The highest BCUT2D eigenvalue weighted by molar-refractivity contribution is 7.80. The summed E-state index contributed by atoms with van der Waals surface area (Å²) in [6.07, 6.45) is 3.57.